The lowest BCUT2D eigenvalue weighted by Crippen LogP contribution is -2.56. The molecular weight excluding hydrogens is 384 g/mol. The van der Waals surface area contributed by atoms with Gasteiger partial charge in [0.2, 0.25) is 0 Å². The second-order valence-corrected chi connectivity index (χ2v) is 7.87. The molecule has 1 heterocycles. The summed E-state index contributed by atoms with van der Waals surface area (Å²) in [5.41, 5.74) is 1.63. The maximum atomic E-state index is 13.2. The van der Waals surface area contributed by atoms with Crippen molar-refractivity contribution in [1.82, 2.24) is 10.4 Å². The number of carbonyl (C=O) groups is 2. The molecule has 1 unspecified atom stereocenters. The van der Waals surface area contributed by atoms with Crippen molar-refractivity contribution >= 4 is 22.8 Å². The van der Waals surface area contributed by atoms with E-state index in [0.717, 1.165) is 0 Å². The first-order valence-corrected chi connectivity index (χ1v) is 10.0. The summed E-state index contributed by atoms with van der Waals surface area (Å²) in [7, 11) is -1.74. The van der Waals surface area contributed by atoms with E-state index in [9.17, 15) is 19.0 Å². The van der Waals surface area contributed by atoms with Crippen molar-refractivity contribution in [1.29, 1.82) is 0 Å². The molecule has 0 aliphatic carbocycles. The smallest absolute Gasteiger partial charge is 0.409 e. The van der Waals surface area contributed by atoms with Gasteiger partial charge < -0.3 is 14.4 Å². The first-order chi connectivity index (χ1) is 13.5. The quantitative estimate of drug-likeness (QED) is 0.422. The predicted octanol–water partition coefficient (Wildman–Crippen LogP) is 1.69. The van der Waals surface area contributed by atoms with Gasteiger partial charge in [0.15, 0.2) is 0 Å². The van der Waals surface area contributed by atoms with Crippen molar-refractivity contribution in [2.45, 2.75) is 36.3 Å². The highest BCUT2D eigenvalue weighted by Gasteiger charge is 2.48. The second kappa shape index (κ2) is 10.1. The minimum absolute atomic E-state index is 0.134. The molecule has 1 aromatic rings. The van der Waals surface area contributed by atoms with Gasteiger partial charge in [0.25, 0.3) is 5.91 Å². The molecular formula is C19H24N2O6S. The van der Waals surface area contributed by atoms with Gasteiger partial charge in [-0.05, 0) is 51.0 Å². The Morgan fingerprint density at radius 3 is 2.46 bits per heavy atom. The van der Waals surface area contributed by atoms with Gasteiger partial charge in [-0.25, -0.2) is 10.3 Å². The van der Waals surface area contributed by atoms with Crippen molar-refractivity contribution in [3.8, 4) is 17.6 Å². The fourth-order valence-corrected chi connectivity index (χ4v) is 4.54. The molecule has 1 atom stereocenters. The van der Waals surface area contributed by atoms with Gasteiger partial charge in [-0.2, -0.15) is 0 Å². The molecule has 28 heavy (non-hydrogen) atoms. The van der Waals surface area contributed by atoms with Crippen LogP contribution in [0, 0.1) is 11.8 Å². The fraction of sp³-hybridized carbons (Fsp3) is 0.474. The third kappa shape index (κ3) is 4.82. The molecule has 2 N–H and O–H groups in total. The first kappa shape index (κ1) is 21.7. The Morgan fingerprint density at radius 2 is 1.93 bits per heavy atom. The van der Waals surface area contributed by atoms with Crippen LogP contribution in [0.25, 0.3) is 0 Å². The number of rotatable bonds is 6. The molecule has 1 saturated heterocycles. The predicted molar refractivity (Wildman–Crippen MR) is 102 cm³/mol. The van der Waals surface area contributed by atoms with Gasteiger partial charge in [-0.15, -0.1) is 5.92 Å². The highest BCUT2D eigenvalue weighted by molar-refractivity contribution is 7.87. The summed E-state index contributed by atoms with van der Waals surface area (Å²) in [5.74, 6) is 5.35. The number of piperidine rings is 1. The van der Waals surface area contributed by atoms with Crippen LogP contribution < -0.4 is 10.2 Å². The maximum Gasteiger partial charge on any atom is 0.409 e. The average Bonchev–Trinajstić information content (AvgIpc) is 2.73. The minimum atomic E-state index is -1.74. The number of nitrogens with zero attached hydrogens (tertiary/aromatic N) is 1. The van der Waals surface area contributed by atoms with E-state index < -0.39 is 27.5 Å². The van der Waals surface area contributed by atoms with Gasteiger partial charge in [0, 0.05) is 18.0 Å². The molecule has 9 heteroatoms. The average molecular weight is 408 g/mol. The van der Waals surface area contributed by atoms with Crippen LogP contribution in [0.4, 0.5) is 4.79 Å². The Kier molecular flexibility index (Phi) is 7.84. The number of carbonyl (C=O) groups excluding carboxylic acids is 2. The lowest BCUT2D eigenvalue weighted by Gasteiger charge is -2.38. The Hall–Kier alpha value is -2.57. The molecule has 152 valence electrons. The fourth-order valence-electron chi connectivity index (χ4n) is 2.94. The zero-order valence-corrected chi connectivity index (χ0v) is 16.7. The van der Waals surface area contributed by atoms with E-state index in [0.29, 0.717) is 10.6 Å². The molecule has 0 spiro atoms. The van der Waals surface area contributed by atoms with Gasteiger partial charge in [0.1, 0.15) is 17.1 Å². The highest BCUT2D eigenvalue weighted by Crippen LogP contribution is 2.33. The number of amides is 2. The molecule has 1 aromatic carbocycles. The zero-order valence-electron chi connectivity index (χ0n) is 15.9. The van der Waals surface area contributed by atoms with E-state index in [4.69, 9.17) is 9.47 Å². The summed E-state index contributed by atoms with van der Waals surface area (Å²) in [4.78, 5) is 26.2. The van der Waals surface area contributed by atoms with E-state index in [-0.39, 0.29) is 39.1 Å². The van der Waals surface area contributed by atoms with Crippen LogP contribution >= 0.6 is 0 Å². The van der Waals surface area contributed by atoms with Gasteiger partial charge in [-0.3, -0.25) is 14.2 Å². The van der Waals surface area contributed by atoms with E-state index in [1.165, 1.54) is 4.90 Å². The standard InChI is InChI=1S/C19H24N2O6S/c1-3-5-14-27-15-6-8-16(9-7-15)28(25)19(17(22)20-24)10-12-21(13-11-19)18(23)26-4-2/h6-9,24H,4,10-14H2,1-2H3,(H,20,22). The number of hydroxylamine groups is 1. The van der Waals surface area contributed by atoms with E-state index in [1.807, 2.05) is 0 Å². The Labute approximate surface area is 166 Å². The summed E-state index contributed by atoms with van der Waals surface area (Å²) in [6, 6.07) is 6.55. The van der Waals surface area contributed by atoms with Gasteiger partial charge in [-0.1, -0.05) is 5.92 Å². The number of nitrogens with one attached hydrogen (secondary N) is 1. The van der Waals surface area contributed by atoms with Crippen LogP contribution in [0.3, 0.4) is 0 Å². The molecule has 1 aliphatic heterocycles. The third-order valence-electron chi connectivity index (χ3n) is 4.49. The molecule has 2 amide bonds. The number of benzene rings is 1. The highest BCUT2D eigenvalue weighted by atomic mass is 32.2. The van der Waals surface area contributed by atoms with Crippen molar-refractivity contribution < 1.29 is 28.5 Å². The SMILES string of the molecule is CC#CCOc1ccc(S(=O)C2(C(=O)NO)CCN(C(=O)OCC)CC2)cc1. The Bertz CT molecular complexity index is 776. The van der Waals surface area contributed by atoms with Crippen molar-refractivity contribution in [2.75, 3.05) is 26.3 Å². The van der Waals surface area contributed by atoms with E-state index in [1.54, 1.807) is 43.6 Å². The van der Waals surface area contributed by atoms with E-state index in [2.05, 4.69) is 11.8 Å². The summed E-state index contributed by atoms with van der Waals surface area (Å²) in [6.07, 6.45) is -0.201. The van der Waals surface area contributed by atoms with Crippen LogP contribution in [0.5, 0.6) is 5.75 Å². The van der Waals surface area contributed by atoms with Gasteiger partial charge >= 0.3 is 6.09 Å². The van der Waals surface area contributed by atoms with Crippen LogP contribution in [-0.4, -0.2) is 57.4 Å². The normalized spacial score (nSPS) is 16.3. The maximum absolute atomic E-state index is 13.2. The van der Waals surface area contributed by atoms with Gasteiger partial charge in [0.05, 0.1) is 17.4 Å². The van der Waals surface area contributed by atoms with Crippen LogP contribution in [0.1, 0.15) is 26.7 Å². The Morgan fingerprint density at radius 1 is 1.29 bits per heavy atom. The van der Waals surface area contributed by atoms with Crippen LogP contribution in [-0.2, 0) is 20.3 Å². The largest absolute Gasteiger partial charge is 0.481 e. The monoisotopic (exact) mass is 408 g/mol. The zero-order chi connectivity index (χ0) is 20.6. The molecule has 2 rings (SSSR count). The summed E-state index contributed by atoms with van der Waals surface area (Å²) >= 11 is 0. The topological polar surface area (TPSA) is 105 Å². The third-order valence-corrected chi connectivity index (χ3v) is 6.50. The summed E-state index contributed by atoms with van der Waals surface area (Å²) in [6.45, 7) is 4.34. The molecule has 0 aromatic heterocycles. The number of likely N-dealkylation sites (tertiary alicyclic amines) is 1. The molecule has 0 radical (unpaired) electrons. The van der Waals surface area contributed by atoms with Crippen LogP contribution in [0.15, 0.2) is 29.2 Å². The Balaban J connectivity index is 2.17. The molecule has 0 saturated carbocycles. The number of ether oxygens (including phenoxy) is 2. The van der Waals surface area contributed by atoms with Crippen molar-refractivity contribution in [2.24, 2.45) is 0 Å². The lowest BCUT2D eigenvalue weighted by molar-refractivity contribution is -0.133. The van der Waals surface area contributed by atoms with Crippen molar-refractivity contribution in [3.63, 3.8) is 0 Å². The summed E-state index contributed by atoms with van der Waals surface area (Å²) < 4.78 is 22.3. The lowest BCUT2D eigenvalue weighted by atomic mass is 9.95. The van der Waals surface area contributed by atoms with E-state index >= 15 is 0 Å². The van der Waals surface area contributed by atoms with Crippen LogP contribution in [0.2, 0.25) is 0 Å². The minimum Gasteiger partial charge on any atom is -0.481 e. The molecule has 1 fully saturated rings. The number of hydrogen-bond acceptors (Lipinski definition) is 6. The first-order valence-electron chi connectivity index (χ1n) is 8.89. The summed E-state index contributed by atoms with van der Waals surface area (Å²) in [5, 5.41) is 9.20. The molecule has 0 bridgehead atoms. The second-order valence-electron chi connectivity index (χ2n) is 6.08. The van der Waals surface area contributed by atoms with Crippen molar-refractivity contribution in [3.05, 3.63) is 24.3 Å². The number of hydrogen-bond donors (Lipinski definition) is 2. The molecule has 1 aliphatic rings. The molecule has 8 nitrogen and oxygen atoms in total.